The van der Waals surface area contributed by atoms with Crippen molar-refractivity contribution in [2.45, 2.75) is 0 Å². The molecule has 0 bridgehead atoms. The molecule has 0 N–H and O–H groups in total. The molecule has 0 amide bonds. The van der Waals surface area contributed by atoms with Crippen molar-refractivity contribution in [3.05, 3.63) is 425 Å². The zero-order chi connectivity index (χ0) is 74.9. The maximum Gasteiger partial charge on any atom is 0.0641 e. The topological polar surface area (TPSA) is 29.6 Å². The van der Waals surface area contributed by atoms with Crippen LogP contribution in [-0.4, -0.2) is 27.4 Å². The second-order valence-corrected chi connectivity index (χ2v) is 29.9. The Bertz CT molecular complexity index is 7890. The predicted octanol–water partition coefficient (Wildman–Crippen LogP) is 28.6. The van der Waals surface area contributed by atoms with Gasteiger partial charge in [-0.25, -0.2) is 0 Å². The number of fused-ring (bicyclic) bond motifs is 20. The Morgan fingerprint density at radius 2 is 0.342 bits per heavy atom. The van der Waals surface area contributed by atoms with Gasteiger partial charge in [-0.1, -0.05) is 261 Å². The van der Waals surface area contributed by atoms with Gasteiger partial charge in [-0.15, -0.1) is 0 Å². The molecule has 24 aromatic rings. The van der Waals surface area contributed by atoms with Crippen LogP contribution in [0.4, 0.5) is 0 Å². The van der Waals surface area contributed by atoms with Crippen LogP contribution in [0.25, 0.3) is 209 Å². The number of para-hydroxylation sites is 8. The van der Waals surface area contributed by atoms with Gasteiger partial charge in [0, 0.05) is 98.8 Å². The fourth-order valence-electron chi connectivity index (χ4n) is 18.6. The molecule has 0 unspecified atom stereocenters. The molecule has 532 valence electrons. The van der Waals surface area contributed by atoms with Crippen molar-refractivity contribution in [3.63, 3.8) is 0 Å². The van der Waals surface area contributed by atoms with Crippen molar-refractivity contribution in [1.29, 1.82) is 0 Å². The van der Waals surface area contributed by atoms with E-state index in [1.165, 1.54) is 175 Å². The number of nitrogens with zero attached hydrogens (tertiary/aromatic N) is 6. The van der Waals surface area contributed by atoms with Crippen LogP contribution in [-0.2, 0) is 0 Å². The summed E-state index contributed by atoms with van der Waals surface area (Å²) in [5.74, 6) is 0. The summed E-state index contributed by atoms with van der Waals surface area (Å²) in [6.45, 7) is 0. The molecule has 0 spiro atoms. The molecular weight excluding hydrogens is 1380 g/mol. The smallest absolute Gasteiger partial charge is 0.0641 e. The molecule has 6 heterocycles. The monoisotopic (exact) mass is 1450 g/mol. The van der Waals surface area contributed by atoms with Crippen LogP contribution in [0.2, 0.25) is 0 Å². The van der Waals surface area contributed by atoms with E-state index in [0.717, 1.165) is 34.1 Å². The van der Waals surface area contributed by atoms with Crippen LogP contribution in [0.5, 0.6) is 0 Å². The van der Waals surface area contributed by atoms with Gasteiger partial charge in [-0.3, -0.25) is 0 Å². The minimum Gasteiger partial charge on any atom is -0.309 e. The van der Waals surface area contributed by atoms with Gasteiger partial charge in [0.25, 0.3) is 0 Å². The molecule has 18 aromatic carbocycles. The maximum absolute atomic E-state index is 2.46. The molecule has 6 nitrogen and oxygen atoms in total. The van der Waals surface area contributed by atoms with Crippen LogP contribution in [0.15, 0.2) is 425 Å². The number of hydrogen-bond acceptors (Lipinski definition) is 0. The van der Waals surface area contributed by atoms with Gasteiger partial charge in [0.1, 0.15) is 0 Å². The average Bonchev–Trinajstić information content (AvgIpc) is 1.56. The Labute approximate surface area is 657 Å². The number of aromatic nitrogens is 6. The lowest BCUT2D eigenvalue weighted by Gasteiger charge is -2.10. The molecule has 6 heteroatoms. The Morgan fingerprint density at radius 3 is 0.746 bits per heavy atom. The van der Waals surface area contributed by atoms with E-state index in [0.29, 0.717) is 0 Å². The highest BCUT2D eigenvalue weighted by atomic mass is 15.0. The van der Waals surface area contributed by atoms with Gasteiger partial charge >= 0.3 is 0 Å². The van der Waals surface area contributed by atoms with Crippen LogP contribution in [0.3, 0.4) is 0 Å². The molecule has 0 aliphatic heterocycles. The second-order valence-electron chi connectivity index (χ2n) is 29.9. The fourth-order valence-corrected chi connectivity index (χ4v) is 18.6. The summed E-state index contributed by atoms with van der Waals surface area (Å²) < 4.78 is 14.5. The van der Waals surface area contributed by atoms with Crippen molar-refractivity contribution in [1.82, 2.24) is 27.4 Å². The number of rotatable bonds is 10. The minimum absolute atomic E-state index is 1.15. The lowest BCUT2D eigenvalue weighted by Crippen LogP contribution is -1.95. The average molecular weight is 1450 g/mol. The molecule has 24 rings (SSSR count). The van der Waals surface area contributed by atoms with Crippen LogP contribution < -0.4 is 0 Å². The lowest BCUT2D eigenvalue weighted by atomic mass is 9.99. The van der Waals surface area contributed by atoms with Gasteiger partial charge in [0.05, 0.1) is 66.2 Å². The quantitative estimate of drug-likeness (QED) is 0.131. The number of hydrogen-bond donors (Lipinski definition) is 0. The van der Waals surface area contributed by atoms with E-state index in [1.807, 2.05) is 0 Å². The first-order valence-corrected chi connectivity index (χ1v) is 39.2. The number of benzene rings is 18. The summed E-state index contributed by atoms with van der Waals surface area (Å²) in [4.78, 5) is 0. The SMILES string of the molecule is c1ccc(-c2ccc(-n3c4ccccc4c4cc(-c5ccc6c(c5)c5c(ccc7c8ccccc8n(-c8ccccc8)c75)n6-c5ccccc5)ccc43)cc2)cc1.c1ccc(-c2ccc(-n3c4ccccc4c4cc(-c5ccc6c(c5)c5c7c8ccccc8n(-c8ccccc8)c7ccc5n6-c5ccccc5)ccc43)cc2)cc1. The van der Waals surface area contributed by atoms with Crippen molar-refractivity contribution < 1.29 is 0 Å². The van der Waals surface area contributed by atoms with Crippen LogP contribution in [0, 0.1) is 0 Å². The largest absolute Gasteiger partial charge is 0.309 e. The van der Waals surface area contributed by atoms with Crippen molar-refractivity contribution in [3.8, 4) is 78.6 Å². The summed E-state index contributed by atoms with van der Waals surface area (Å²) in [5, 5.41) is 15.0. The third kappa shape index (κ3) is 10.2. The van der Waals surface area contributed by atoms with E-state index in [4.69, 9.17) is 0 Å². The Morgan fingerprint density at radius 1 is 0.114 bits per heavy atom. The summed E-state index contributed by atoms with van der Waals surface area (Å²) in [5.41, 5.74) is 31.0. The van der Waals surface area contributed by atoms with E-state index < -0.39 is 0 Å². The highest BCUT2D eigenvalue weighted by Crippen LogP contribution is 2.48. The molecule has 114 heavy (non-hydrogen) atoms. The normalized spacial score (nSPS) is 11.9. The minimum atomic E-state index is 1.15. The zero-order valence-corrected chi connectivity index (χ0v) is 62.1. The Balaban J connectivity index is 0.000000135. The van der Waals surface area contributed by atoms with E-state index in [-0.39, 0.29) is 0 Å². The van der Waals surface area contributed by atoms with Crippen LogP contribution >= 0.6 is 0 Å². The fraction of sp³-hybridized carbons (Fsp3) is 0. The molecule has 0 radical (unpaired) electrons. The molecule has 0 aliphatic carbocycles. The third-order valence-corrected chi connectivity index (χ3v) is 23.7. The van der Waals surface area contributed by atoms with Gasteiger partial charge < -0.3 is 27.4 Å². The highest BCUT2D eigenvalue weighted by Gasteiger charge is 2.25. The molecule has 0 aliphatic rings. The maximum atomic E-state index is 2.46. The van der Waals surface area contributed by atoms with E-state index >= 15 is 0 Å². The highest BCUT2D eigenvalue weighted by molar-refractivity contribution is 6.30. The van der Waals surface area contributed by atoms with Gasteiger partial charge in [-0.05, 0) is 208 Å². The summed E-state index contributed by atoms with van der Waals surface area (Å²) in [6, 6.07) is 155. The second kappa shape index (κ2) is 26.2. The zero-order valence-electron chi connectivity index (χ0n) is 62.1. The molecule has 0 saturated carbocycles. The van der Waals surface area contributed by atoms with E-state index in [1.54, 1.807) is 0 Å². The molecule has 0 saturated heterocycles. The van der Waals surface area contributed by atoms with Gasteiger partial charge in [-0.2, -0.15) is 0 Å². The Hall–Kier alpha value is -15.2. The van der Waals surface area contributed by atoms with Crippen molar-refractivity contribution in [2.75, 3.05) is 0 Å². The summed E-state index contributed by atoms with van der Waals surface area (Å²) in [7, 11) is 0. The van der Waals surface area contributed by atoms with Crippen molar-refractivity contribution >= 4 is 131 Å². The van der Waals surface area contributed by atoms with E-state index in [9.17, 15) is 0 Å². The standard InChI is InChI=1S/2C54H35N3/c1-4-14-36(15-5-1)37-24-28-42(29-25-37)55-48-22-12-11-21-44(48)46-34-38(26-31-50(46)55)39-27-32-51-47(35-39)53-52(56(51)40-16-6-2-7-17-40)33-30-45-43-20-10-13-23-49(43)57(54(45)53)41-18-8-3-9-19-41;1-4-14-36(15-5-1)37-24-28-42(29-25-37)55-47-22-12-10-20-43(47)45-34-38(26-30-49(45)55)39-27-31-50-46(35-39)54-52(57(50)41-18-8-3-9-19-41)33-32-51-53(54)44-21-11-13-23-48(44)56(51)40-16-6-2-7-17-40/h2*1-35H. The first-order chi connectivity index (χ1) is 56.6. The summed E-state index contributed by atoms with van der Waals surface area (Å²) >= 11 is 0. The summed E-state index contributed by atoms with van der Waals surface area (Å²) in [6.07, 6.45) is 0. The third-order valence-electron chi connectivity index (χ3n) is 23.7. The molecule has 0 atom stereocenters. The molecule has 6 aromatic heterocycles. The molecule has 0 fully saturated rings. The van der Waals surface area contributed by atoms with E-state index in [2.05, 4.69) is 452 Å². The van der Waals surface area contributed by atoms with Crippen LogP contribution in [0.1, 0.15) is 0 Å². The first-order valence-electron chi connectivity index (χ1n) is 39.2. The molecular formula is C108H70N6. The predicted molar refractivity (Wildman–Crippen MR) is 481 cm³/mol. The van der Waals surface area contributed by atoms with Gasteiger partial charge in [0.2, 0.25) is 0 Å². The first kappa shape index (κ1) is 64.7. The van der Waals surface area contributed by atoms with Gasteiger partial charge in [0.15, 0.2) is 0 Å². The van der Waals surface area contributed by atoms with Crippen molar-refractivity contribution in [2.24, 2.45) is 0 Å². The Kier molecular flexibility index (Phi) is 14.9. The lowest BCUT2D eigenvalue weighted by molar-refractivity contribution is 1.17.